The zero-order valence-corrected chi connectivity index (χ0v) is 18.2. The molecule has 0 unspecified atom stereocenters. The average Bonchev–Trinajstić information content (AvgIpc) is 2.68. The number of nitriles is 1. The number of nitrogens with one attached hydrogen (secondary N) is 1. The van der Waals surface area contributed by atoms with Gasteiger partial charge in [0.15, 0.2) is 0 Å². The number of amides is 1. The van der Waals surface area contributed by atoms with Crippen LogP contribution in [0.4, 0.5) is 5.69 Å². The van der Waals surface area contributed by atoms with Gasteiger partial charge in [0.25, 0.3) is 5.91 Å². The van der Waals surface area contributed by atoms with Gasteiger partial charge in [0.1, 0.15) is 17.4 Å². The van der Waals surface area contributed by atoms with E-state index < -0.39 is 5.91 Å². The van der Waals surface area contributed by atoms with Crippen LogP contribution in [0.25, 0.3) is 16.8 Å². The first-order valence-corrected chi connectivity index (χ1v) is 10.1. The van der Waals surface area contributed by atoms with Gasteiger partial charge >= 0.3 is 0 Å². The van der Waals surface area contributed by atoms with Gasteiger partial charge in [-0.3, -0.25) is 4.79 Å². The zero-order valence-electron chi connectivity index (χ0n) is 15.0. The van der Waals surface area contributed by atoms with E-state index in [2.05, 4.69) is 37.2 Å². The molecule has 0 aromatic heterocycles. The fourth-order valence-electron chi connectivity index (χ4n) is 2.73. The maximum atomic E-state index is 12.6. The Morgan fingerprint density at radius 2 is 1.79 bits per heavy atom. The number of halogens is 2. The van der Waals surface area contributed by atoms with Gasteiger partial charge in [-0.15, -0.1) is 0 Å². The van der Waals surface area contributed by atoms with Gasteiger partial charge in [-0.1, -0.05) is 30.3 Å². The van der Waals surface area contributed by atoms with Crippen molar-refractivity contribution >= 4 is 60.3 Å². The van der Waals surface area contributed by atoms with Crippen LogP contribution >= 0.6 is 31.9 Å². The molecule has 3 aromatic rings. The van der Waals surface area contributed by atoms with E-state index in [1.165, 1.54) is 0 Å². The highest BCUT2D eigenvalue weighted by molar-refractivity contribution is 9.11. The maximum absolute atomic E-state index is 12.6. The van der Waals surface area contributed by atoms with E-state index in [0.717, 1.165) is 19.7 Å². The van der Waals surface area contributed by atoms with Crippen molar-refractivity contribution < 1.29 is 9.53 Å². The summed E-state index contributed by atoms with van der Waals surface area (Å²) in [6.45, 7) is 2.43. The molecule has 0 atom stereocenters. The van der Waals surface area contributed by atoms with Crippen molar-refractivity contribution in [1.29, 1.82) is 5.26 Å². The second kappa shape index (κ2) is 9.05. The predicted molar refractivity (Wildman–Crippen MR) is 119 cm³/mol. The molecule has 1 amide bonds. The van der Waals surface area contributed by atoms with Crippen LogP contribution < -0.4 is 10.1 Å². The summed E-state index contributed by atoms with van der Waals surface area (Å²) in [4.78, 5) is 12.6. The number of anilines is 1. The highest BCUT2D eigenvalue weighted by Crippen LogP contribution is 2.35. The number of benzene rings is 3. The molecule has 0 aliphatic carbocycles. The number of ether oxygens (including phenoxy) is 1. The van der Waals surface area contributed by atoms with Crippen LogP contribution in [0, 0.1) is 11.3 Å². The van der Waals surface area contributed by atoms with E-state index in [9.17, 15) is 10.1 Å². The number of hydrogen-bond acceptors (Lipinski definition) is 3. The Labute approximate surface area is 180 Å². The molecule has 0 heterocycles. The average molecular weight is 500 g/mol. The van der Waals surface area contributed by atoms with Crippen LogP contribution in [-0.2, 0) is 4.79 Å². The fourth-order valence-corrected chi connectivity index (χ4v) is 4.18. The third-order valence-electron chi connectivity index (χ3n) is 3.99. The molecule has 0 saturated carbocycles. The Balaban J connectivity index is 1.85. The molecule has 6 heteroatoms. The molecular weight excluding hydrogens is 484 g/mol. The highest BCUT2D eigenvalue weighted by atomic mass is 79.9. The molecule has 28 heavy (non-hydrogen) atoms. The lowest BCUT2D eigenvalue weighted by Gasteiger charge is -2.10. The summed E-state index contributed by atoms with van der Waals surface area (Å²) in [5, 5.41) is 14.3. The molecule has 4 nitrogen and oxygen atoms in total. The molecule has 0 fully saturated rings. The van der Waals surface area contributed by atoms with E-state index >= 15 is 0 Å². The predicted octanol–water partition coefficient (Wildman–Crippen LogP) is 6.31. The Morgan fingerprint density at radius 1 is 1.11 bits per heavy atom. The molecule has 1 N–H and O–H groups in total. The minimum absolute atomic E-state index is 0.0103. The Bertz CT molecular complexity index is 1090. The molecule has 0 bridgehead atoms. The van der Waals surface area contributed by atoms with Crippen LogP contribution in [0.15, 0.2) is 69.1 Å². The second-order valence-corrected chi connectivity index (χ2v) is 7.64. The van der Waals surface area contributed by atoms with Crippen LogP contribution in [0.5, 0.6) is 5.75 Å². The molecule has 140 valence electrons. The summed E-state index contributed by atoms with van der Waals surface area (Å²) in [6, 6.07) is 19.1. The topological polar surface area (TPSA) is 62.1 Å². The summed E-state index contributed by atoms with van der Waals surface area (Å²) in [7, 11) is 0. The van der Waals surface area contributed by atoms with Crippen LogP contribution in [-0.4, -0.2) is 12.5 Å². The van der Waals surface area contributed by atoms with Crippen molar-refractivity contribution in [2.75, 3.05) is 11.9 Å². The Hall–Kier alpha value is -2.62. The lowest BCUT2D eigenvalue weighted by atomic mass is 10.1. The summed E-state index contributed by atoms with van der Waals surface area (Å²) in [5.41, 5.74) is 1.35. The third kappa shape index (κ3) is 4.61. The first kappa shape index (κ1) is 20.1. The first-order chi connectivity index (χ1) is 13.5. The first-order valence-electron chi connectivity index (χ1n) is 8.55. The van der Waals surface area contributed by atoms with Gasteiger partial charge < -0.3 is 10.1 Å². The van der Waals surface area contributed by atoms with E-state index in [1.807, 2.05) is 55.5 Å². The largest absolute Gasteiger partial charge is 0.492 e. The lowest BCUT2D eigenvalue weighted by molar-refractivity contribution is -0.112. The number of carbonyl (C=O) groups excluding carboxylic acids is 1. The van der Waals surface area contributed by atoms with E-state index in [1.54, 1.807) is 18.2 Å². The van der Waals surface area contributed by atoms with Crippen molar-refractivity contribution in [2.24, 2.45) is 0 Å². The SMILES string of the molecule is CCOc1c(Br)cc(/C=C(\C#N)C(=O)Nc2ccc3ccccc3c2)cc1Br. The number of carbonyl (C=O) groups is 1. The molecule has 0 aliphatic heterocycles. The Kier molecular flexibility index (Phi) is 6.50. The van der Waals surface area contributed by atoms with Gasteiger partial charge in [0.05, 0.1) is 15.6 Å². The van der Waals surface area contributed by atoms with Gasteiger partial charge in [-0.25, -0.2) is 0 Å². The van der Waals surface area contributed by atoms with Crippen molar-refractivity contribution in [3.05, 3.63) is 74.7 Å². The molecule has 0 radical (unpaired) electrons. The summed E-state index contributed by atoms with van der Waals surface area (Å²) < 4.78 is 7.03. The fraction of sp³-hybridized carbons (Fsp3) is 0.0909. The number of rotatable bonds is 5. The van der Waals surface area contributed by atoms with Crippen molar-refractivity contribution in [2.45, 2.75) is 6.92 Å². The Morgan fingerprint density at radius 3 is 2.43 bits per heavy atom. The lowest BCUT2D eigenvalue weighted by Crippen LogP contribution is -2.13. The van der Waals surface area contributed by atoms with Crippen LogP contribution in [0.3, 0.4) is 0 Å². The molecule has 0 saturated heterocycles. The minimum Gasteiger partial charge on any atom is -0.492 e. The third-order valence-corrected chi connectivity index (χ3v) is 5.17. The smallest absolute Gasteiger partial charge is 0.266 e. The van der Waals surface area contributed by atoms with Crippen LogP contribution in [0.2, 0.25) is 0 Å². The maximum Gasteiger partial charge on any atom is 0.266 e. The quantitative estimate of drug-likeness (QED) is 0.330. The monoisotopic (exact) mass is 498 g/mol. The molecule has 0 spiro atoms. The van der Waals surface area contributed by atoms with Gasteiger partial charge in [-0.05, 0) is 85.5 Å². The summed E-state index contributed by atoms with van der Waals surface area (Å²) in [6.07, 6.45) is 1.54. The second-order valence-electron chi connectivity index (χ2n) is 5.93. The molecule has 3 rings (SSSR count). The summed E-state index contributed by atoms with van der Waals surface area (Å²) >= 11 is 6.91. The molecule has 0 aliphatic rings. The van der Waals surface area contributed by atoms with E-state index in [-0.39, 0.29) is 5.57 Å². The van der Waals surface area contributed by atoms with Gasteiger partial charge in [-0.2, -0.15) is 5.26 Å². The standard InChI is InChI=1S/C22H16Br2N2O2/c1-2-28-21-19(23)10-14(11-20(21)24)9-17(13-25)22(27)26-18-8-7-15-5-3-4-6-16(15)12-18/h3-12H,2H2,1H3,(H,26,27)/b17-9+. The van der Waals surface area contributed by atoms with E-state index in [0.29, 0.717) is 23.6 Å². The van der Waals surface area contributed by atoms with Crippen molar-refractivity contribution in [1.82, 2.24) is 0 Å². The van der Waals surface area contributed by atoms with Crippen LogP contribution in [0.1, 0.15) is 12.5 Å². The zero-order chi connectivity index (χ0) is 20.1. The van der Waals surface area contributed by atoms with Gasteiger partial charge in [0.2, 0.25) is 0 Å². The van der Waals surface area contributed by atoms with Crippen molar-refractivity contribution in [3.63, 3.8) is 0 Å². The number of hydrogen-bond donors (Lipinski definition) is 1. The number of fused-ring (bicyclic) bond motifs is 1. The highest BCUT2D eigenvalue weighted by Gasteiger charge is 2.12. The van der Waals surface area contributed by atoms with Crippen molar-refractivity contribution in [3.8, 4) is 11.8 Å². The normalized spacial score (nSPS) is 11.1. The minimum atomic E-state index is -0.459. The molecule has 3 aromatic carbocycles. The van der Waals surface area contributed by atoms with E-state index in [4.69, 9.17) is 4.74 Å². The van der Waals surface area contributed by atoms with Gasteiger partial charge in [0, 0.05) is 5.69 Å². The summed E-state index contributed by atoms with van der Waals surface area (Å²) in [5.74, 6) is 0.220. The molecular formula is C22H16Br2N2O2. The number of nitrogens with zero attached hydrogens (tertiary/aromatic N) is 1.